The van der Waals surface area contributed by atoms with E-state index in [1.54, 1.807) is 13.0 Å². The number of sulfonamides is 1. The van der Waals surface area contributed by atoms with Crippen molar-refractivity contribution in [2.45, 2.75) is 123 Å². The Hall–Kier alpha value is -1.39. The van der Waals surface area contributed by atoms with Crippen molar-refractivity contribution in [1.82, 2.24) is 4.72 Å². The van der Waals surface area contributed by atoms with Crippen LogP contribution >= 0.6 is 0 Å². The van der Waals surface area contributed by atoms with Gasteiger partial charge in [0.25, 0.3) is 0 Å². The molecule has 1 aromatic carbocycles. The van der Waals surface area contributed by atoms with Gasteiger partial charge in [-0.2, -0.15) is 0 Å². The summed E-state index contributed by atoms with van der Waals surface area (Å²) in [5, 5.41) is 63.3. The summed E-state index contributed by atoms with van der Waals surface area (Å²) in [6, 6.07) is 3.15. The highest BCUT2D eigenvalue weighted by Crippen LogP contribution is 2.33. The van der Waals surface area contributed by atoms with Crippen LogP contribution in [0.3, 0.4) is 0 Å². The third-order valence-electron chi connectivity index (χ3n) is 7.90. The van der Waals surface area contributed by atoms with E-state index >= 15 is 0 Å². The number of benzene rings is 1. The molecule has 0 amide bonds. The van der Waals surface area contributed by atoms with Crippen LogP contribution in [-0.4, -0.2) is 137 Å². The first-order chi connectivity index (χ1) is 19.6. The largest absolute Gasteiger partial charge is 0.391 e. The molecular formula is C25H42N4O12S. The molecule has 13 N–H and O–H groups in total. The average molecular weight is 623 g/mol. The Balaban J connectivity index is 1.62. The van der Waals surface area contributed by atoms with Crippen LogP contribution in [0.2, 0.25) is 0 Å². The molecule has 42 heavy (non-hydrogen) atoms. The minimum absolute atomic E-state index is 0.0580. The molecule has 17 heteroatoms. The molecule has 16 atom stereocenters. The van der Waals surface area contributed by atoms with Gasteiger partial charge in [-0.05, 0) is 32.4 Å². The number of rotatable bonds is 9. The minimum atomic E-state index is -4.12. The second kappa shape index (κ2) is 13.3. The molecule has 16 nitrogen and oxygen atoms in total. The van der Waals surface area contributed by atoms with Gasteiger partial charge in [0.05, 0.1) is 29.2 Å². The SMILES string of the molecule is C[C@@H](N)C1OC(OC2C(O)C(NS(=O)(=O)c3ccccc3)CC(N)C2OC2OC([C@@H](C)O)C(O)C(O)C2N)C(O)C1O. The molecular weight excluding hydrogens is 580 g/mol. The van der Waals surface area contributed by atoms with E-state index in [0.29, 0.717) is 0 Å². The maximum Gasteiger partial charge on any atom is 0.240 e. The fraction of sp³-hybridized carbons (Fsp3) is 0.760. The molecule has 3 fully saturated rings. The van der Waals surface area contributed by atoms with Crippen molar-refractivity contribution in [3.63, 3.8) is 0 Å². The summed E-state index contributed by atoms with van der Waals surface area (Å²) in [6.45, 7) is 2.88. The van der Waals surface area contributed by atoms with Crippen molar-refractivity contribution >= 4 is 10.0 Å². The van der Waals surface area contributed by atoms with Gasteiger partial charge in [-0.3, -0.25) is 0 Å². The Labute approximate surface area is 243 Å². The zero-order valence-corrected chi connectivity index (χ0v) is 23.9. The Morgan fingerprint density at radius 1 is 0.857 bits per heavy atom. The van der Waals surface area contributed by atoms with E-state index in [1.807, 2.05) is 0 Å². The number of nitrogens with one attached hydrogen (secondary N) is 1. The highest BCUT2D eigenvalue weighted by Gasteiger charge is 2.54. The lowest BCUT2D eigenvalue weighted by Gasteiger charge is -2.48. The molecule has 240 valence electrons. The first-order valence-electron chi connectivity index (χ1n) is 13.7. The highest BCUT2D eigenvalue weighted by atomic mass is 32.2. The number of aliphatic hydroxyl groups excluding tert-OH is 6. The molecule has 1 aromatic rings. The van der Waals surface area contributed by atoms with E-state index in [1.165, 1.54) is 31.2 Å². The standard InChI is InChI=1S/C25H42N4O12S/c1-9(26)20-18(34)19(35)25(38-20)41-23-15(31)13(29-42(36,37)11-6-4-3-5-7-11)8-12(27)22(23)40-24-14(28)16(32)17(33)21(39-24)10(2)30/h3-7,9-10,12-25,29-35H,8,26-28H2,1-2H3/t9-,10-,12?,13?,14?,15?,16?,17?,18?,19?,20?,21?,22?,23?,24?,25?/m1/s1. The monoisotopic (exact) mass is 622 g/mol. The predicted octanol–water partition coefficient (Wildman–Crippen LogP) is -4.86. The Morgan fingerprint density at radius 2 is 1.43 bits per heavy atom. The van der Waals surface area contributed by atoms with Crippen LogP contribution in [-0.2, 0) is 29.0 Å². The van der Waals surface area contributed by atoms with Gasteiger partial charge in [-0.25, -0.2) is 13.1 Å². The molecule has 0 aromatic heterocycles. The van der Waals surface area contributed by atoms with E-state index in [9.17, 15) is 39.1 Å². The van der Waals surface area contributed by atoms with Crippen molar-refractivity contribution in [2.75, 3.05) is 0 Å². The zero-order chi connectivity index (χ0) is 31.1. The van der Waals surface area contributed by atoms with Crippen molar-refractivity contribution in [1.29, 1.82) is 0 Å². The van der Waals surface area contributed by atoms with Crippen LogP contribution in [0.4, 0.5) is 0 Å². The Kier molecular flexibility index (Phi) is 10.6. The zero-order valence-electron chi connectivity index (χ0n) is 23.1. The fourth-order valence-corrected chi connectivity index (χ4v) is 6.80. The molecule has 0 radical (unpaired) electrons. The predicted molar refractivity (Wildman–Crippen MR) is 144 cm³/mol. The van der Waals surface area contributed by atoms with Crippen LogP contribution in [0.25, 0.3) is 0 Å². The topological polar surface area (TPSA) is 283 Å². The Morgan fingerprint density at radius 3 is 2.00 bits per heavy atom. The number of aliphatic hydroxyl groups is 6. The first kappa shape index (κ1) is 33.5. The lowest BCUT2D eigenvalue weighted by Crippen LogP contribution is -2.69. The molecule has 2 saturated heterocycles. The molecule has 0 bridgehead atoms. The summed E-state index contributed by atoms with van der Waals surface area (Å²) in [6.07, 6.45) is -17.3. The summed E-state index contributed by atoms with van der Waals surface area (Å²) < 4.78 is 51.8. The van der Waals surface area contributed by atoms with Crippen molar-refractivity contribution in [3.05, 3.63) is 30.3 Å². The molecule has 2 heterocycles. The number of hydrogen-bond acceptors (Lipinski definition) is 15. The second-order valence-corrected chi connectivity index (χ2v) is 12.9. The van der Waals surface area contributed by atoms with E-state index in [2.05, 4.69) is 4.72 Å². The number of nitrogens with two attached hydrogens (primary N) is 3. The average Bonchev–Trinajstić information content (AvgIpc) is 3.22. The number of hydrogen-bond donors (Lipinski definition) is 10. The molecule has 2 aliphatic heterocycles. The first-order valence-corrected chi connectivity index (χ1v) is 15.2. The van der Waals surface area contributed by atoms with E-state index in [-0.39, 0.29) is 11.3 Å². The minimum Gasteiger partial charge on any atom is -0.391 e. The summed E-state index contributed by atoms with van der Waals surface area (Å²) in [5.41, 5.74) is 18.3. The van der Waals surface area contributed by atoms with Crippen molar-refractivity contribution < 1.29 is 58.0 Å². The van der Waals surface area contributed by atoms with Crippen molar-refractivity contribution in [3.8, 4) is 0 Å². The van der Waals surface area contributed by atoms with E-state index in [0.717, 1.165) is 0 Å². The quantitative estimate of drug-likeness (QED) is 0.124. The van der Waals surface area contributed by atoms with Gasteiger partial charge in [-0.1, -0.05) is 18.2 Å². The molecule has 1 aliphatic carbocycles. The van der Waals surface area contributed by atoms with Gasteiger partial charge >= 0.3 is 0 Å². The fourth-order valence-electron chi connectivity index (χ4n) is 5.51. The van der Waals surface area contributed by atoms with Crippen LogP contribution in [0, 0.1) is 0 Å². The summed E-state index contributed by atoms with van der Waals surface area (Å²) >= 11 is 0. The van der Waals surface area contributed by atoms with Crippen LogP contribution in [0.1, 0.15) is 20.3 Å². The van der Waals surface area contributed by atoms with Crippen LogP contribution in [0.5, 0.6) is 0 Å². The third-order valence-corrected chi connectivity index (χ3v) is 9.41. The van der Waals surface area contributed by atoms with Gasteiger partial charge < -0.3 is 66.8 Å². The summed E-state index contributed by atoms with van der Waals surface area (Å²) in [7, 11) is -4.12. The van der Waals surface area contributed by atoms with Crippen LogP contribution in [0.15, 0.2) is 35.2 Å². The number of ether oxygens (including phenoxy) is 4. The van der Waals surface area contributed by atoms with Crippen LogP contribution < -0.4 is 21.9 Å². The van der Waals surface area contributed by atoms with E-state index in [4.69, 9.17) is 36.1 Å². The highest BCUT2D eigenvalue weighted by molar-refractivity contribution is 7.89. The van der Waals surface area contributed by atoms with Gasteiger partial charge in [0, 0.05) is 12.1 Å². The molecule has 1 saturated carbocycles. The third kappa shape index (κ3) is 6.80. The van der Waals surface area contributed by atoms with Gasteiger partial charge in [-0.15, -0.1) is 0 Å². The van der Waals surface area contributed by atoms with Gasteiger partial charge in [0.2, 0.25) is 10.0 Å². The van der Waals surface area contributed by atoms with E-state index < -0.39 is 108 Å². The van der Waals surface area contributed by atoms with Crippen molar-refractivity contribution in [2.24, 2.45) is 17.2 Å². The maximum atomic E-state index is 13.1. The second-order valence-electron chi connectivity index (χ2n) is 11.2. The lowest BCUT2D eigenvalue weighted by molar-refractivity contribution is -0.315. The van der Waals surface area contributed by atoms with Gasteiger partial charge in [0.1, 0.15) is 48.8 Å². The molecule has 4 rings (SSSR count). The summed E-state index contributed by atoms with van der Waals surface area (Å²) in [4.78, 5) is -0.0580. The lowest BCUT2D eigenvalue weighted by atomic mass is 9.84. The van der Waals surface area contributed by atoms with Gasteiger partial charge in [0.15, 0.2) is 12.6 Å². The molecule has 3 aliphatic rings. The summed E-state index contributed by atoms with van der Waals surface area (Å²) in [5.74, 6) is 0. The molecule has 0 spiro atoms. The maximum absolute atomic E-state index is 13.1. The normalized spacial score (nSPS) is 44.5. The smallest absolute Gasteiger partial charge is 0.240 e. The molecule has 14 unspecified atom stereocenters. The Bertz CT molecular complexity index is 1130.